The monoisotopic (exact) mass is 401 g/mol. The molecule has 0 saturated carbocycles. The number of sulfonamides is 1. The Morgan fingerprint density at radius 3 is 2.36 bits per heavy atom. The van der Waals surface area contributed by atoms with Crippen molar-refractivity contribution in [2.24, 2.45) is 5.92 Å². The maximum absolute atomic E-state index is 12.7. The highest BCUT2D eigenvalue weighted by molar-refractivity contribution is 7.89. The van der Waals surface area contributed by atoms with Gasteiger partial charge >= 0.3 is 6.03 Å². The Balaban J connectivity index is 1.41. The molecule has 0 aromatic heterocycles. The Morgan fingerprint density at radius 1 is 1.04 bits per heavy atom. The third kappa shape index (κ3) is 5.11. The molecule has 0 aliphatic carbocycles. The highest BCUT2D eigenvalue weighted by Gasteiger charge is 2.29. The number of carbonyl (C=O) groups excluding carboxylic acids is 1. The molecular weight excluding hydrogens is 374 g/mol. The lowest BCUT2D eigenvalue weighted by Gasteiger charge is -2.31. The number of para-hydroxylation sites is 1. The minimum absolute atomic E-state index is 0.210. The fraction of sp³-hybridized carbons (Fsp3) is 0.381. The number of urea groups is 1. The van der Waals surface area contributed by atoms with Crippen molar-refractivity contribution in [1.82, 2.24) is 9.62 Å². The zero-order valence-electron chi connectivity index (χ0n) is 16.1. The van der Waals surface area contributed by atoms with E-state index in [0.29, 0.717) is 30.4 Å². The summed E-state index contributed by atoms with van der Waals surface area (Å²) in [5.74, 6) is 0.418. The van der Waals surface area contributed by atoms with Gasteiger partial charge in [0, 0.05) is 25.3 Å². The molecule has 6 nitrogen and oxygen atoms in total. The van der Waals surface area contributed by atoms with Crippen LogP contribution in [0.25, 0.3) is 0 Å². The molecule has 2 N–H and O–H groups in total. The lowest BCUT2D eigenvalue weighted by Crippen LogP contribution is -2.39. The first-order chi connectivity index (χ1) is 13.5. The summed E-state index contributed by atoms with van der Waals surface area (Å²) in [6.45, 7) is 3.58. The van der Waals surface area contributed by atoms with Gasteiger partial charge in [0.2, 0.25) is 10.0 Å². The molecular formula is C21H27N3O3S. The summed E-state index contributed by atoms with van der Waals surface area (Å²) in [4.78, 5) is 12.4. The van der Waals surface area contributed by atoms with E-state index in [4.69, 9.17) is 0 Å². The van der Waals surface area contributed by atoms with E-state index in [1.54, 1.807) is 28.6 Å². The van der Waals surface area contributed by atoms with Crippen LogP contribution in [0.2, 0.25) is 0 Å². The van der Waals surface area contributed by atoms with E-state index < -0.39 is 10.0 Å². The van der Waals surface area contributed by atoms with Crippen LogP contribution in [0.5, 0.6) is 0 Å². The predicted octanol–water partition coefficient (Wildman–Crippen LogP) is 3.61. The van der Waals surface area contributed by atoms with Gasteiger partial charge in [-0.25, -0.2) is 13.2 Å². The molecule has 28 heavy (non-hydrogen) atoms. The number of nitrogens with zero attached hydrogens (tertiary/aromatic N) is 1. The van der Waals surface area contributed by atoms with Crippen molar-refractivity contribution < 1.29 is 13.2 Å². The molecule has 1 heterocycles. The predicted molar refractivity (Wildman–Crippen MR) is 111 cm³/mol. The largest absolute Gasteiger partial charge is 0.338 e. The highest BCUT2D eigenvalue weighted by Crippen LogP contribution is 2.25. The maximum Gasteiger partial charge on any atom is 0.319 e. The van der Waals surface area contributed by atoms with Gasteiger partial charge in [0.1, 0.15) is 0 Å². The Labute approximate surface area is 167 Å². The SMILES string of the molecule is Cc1ccccc1NC(=O)NCCC1CCN(S(=O)(=O)c2ccccc2)CC1. The number of carbonyl (C=O) groups is 1. The van der Waals surface area contributed by atoms with Gasteiger partial charge in [0.25, 0.3) is 0 Å². The van der Waals surface area contributed by atoms with Crippen molar-refractivity contribution >= 4 is 21.7 Å². The van der Waals surface area contributed by atoms with E-state index in [-0.39, 0.29) is 6.03 Å². The van der Waals surface area contributed by atoms with Crippen molar-refractivity contribution in [1.29, 1.82) is 0 Å². The number of hydrogen-bond acceptors (Lipinski definition) is 3. The van der Waals surface area contributed by atoms with E-state index in [0.717, 1.165) is 30.5 Å². The summed E-state index contributed by atoms with van der Waals surface area (Å²) < 4.78 is 26.9. The van der Waals surface area contributed by atoms with Crippen molar-refractivity contribution in [3.05, 3.63) is 60.2 Å². The van der Waals surface area contributed by atoms with E-state index in [1.165, 1.54) is 0 Å². The topological polar surface area (TPSA) is 78.5 Å². The van der Waals surface area contributed by atoms with Crippen LogP contribution in [0.15, 0.2) is 59.5 Å². The zero-order chi connectivity index (χ0) is 20.0. The normalized spacial score (nSPS) is 15.9. The Morgan fingerprint density at radius 2 is 1.68 bits per heavy atom. The first-order valence-corrected chi connectivity index (χ1v) is 11.1. The fourth-order valence-electron chi connectivity index (χ4n) is 3.45. The number of amides is 2. The van der Waals surface area contributed by atoms with Crippen LogP contribution in [0.1, 0.15) is 24.8 Å². The molecule has 1 aliphatic heterocycles. The number of aryl methyl sites for hydroxylation is 1. The summed E-state index contributed by atoms with van der Waals surface area (Å²) >= 11 is 0. The van der Waals surface area contributed by atoms with Gasteiger partial charge in [-0.1, -0.05) is 36.4 Å². The number of nitrogens with one attached hydrogen (secondary N) is 2. The number of rotatable bonds is 6. The van der Waals surface area contributed by atoms with E-state index in [9.17, 15) is 13.2 Å². The number of hydrogen-bond donors (Lipinski definition) is 2. The summed E-state index contributed by atoms with van der Waals surface area (Å²) in [6, 6.07) is 16.0. The smallest absolute Gasteiger partial charge is 0.319 e. The molecule has 1 fully saturated rings. The first kappa shape index (κ1) is 20.4. The number of piperidine rings is 1. The minimum Gasteiger partial charge on any atom is -0.338 e. The Bertz CT molecular complexity index is 892. The van der Waals surface area contributed by atoms with Gasteiger partial charge in [-0.15, -0.1) is 0 Å². The Kier molecular flexibility index (Phi) is 6.70. The quantitative estimate of drug-likeness (QED) is 0.776. The molecule has 7 heteroatoms. The van der Waals surface area contributed by atoms with Gasteiger partial charge in [-0.05, 0) is 55.9 Å². The maximum atomic E-state index is 12.7. The second kappa shape index (κ2) is 9.21. The molecule has 0 bridgehead atoms. The number of benzene rings is 2. The van der Waals surface area contributed by atoms with Crippen LogP contribution in [0, 0.1) is 12.8 Å². The van der Waals surface area contributed by atoms with Gasteiger partial charge < -0.3 is 10.6 Å². The molecule has 0 atom stereocenters. The molecule has 1 saturated heterocycles. The molecule has 0 radical (unpaired) electrons. The number of anilines is 1. The Hall–Kier alpha value is -2.38. The zero-order valence-corrected chi connectivity index (χ0v) is 16.9. The van der Waals surface area contributed by atoms with Crippen LogP contribution < -0.4 is 10.6 Å². The third-order valence-electron chi connectivity index (χ3n) is 5.19. The summed E-state index contributed by atoms with van der Waals surface area (Å²) in [5.41, 5.74) is 1.82. The van der Waals surface area contributed by atoms with Crippen molar-refractivity contribution in [3.8, 4) is 0 Å². The standard InChI is InChI=1S/C21H27N3O3S/c1-17-7-5-6-10-20(17)23-21(25)22-14-11-18-12-15-24(16-13-18)28(26,27)19-8-3-2-4-9-19/h2-10,18H,11-16H2,1H3,(H2,22,23,25). The second-order valence-corrected chi connectivity index (χ2v) is 9.08. The lowest BCUT2D eigenvalue weighted by atomic mass is 9.95. The van der Waals surface area contributed by atoms with Gasteiger partial charge in [0.05, 0.1) is 4.90 Å². The summed E-state index contributed by atoms with van der Waals surface area (Å²) in [7, 11) is -3.40. The van der Waals surface area contributed by atoms with Crippen LogP contribution in [-0.4, -0.2) is 38.4 Å². The molecule has 0 spiro atoms. The van der Waals surface area contributed by atoms with E-state index in [1.807, 2.05) is 37.3 Å². The minimum atomic E-state index is -3.40. The van der Waals surface area contributed by atoms with Crippen LogP contribution in [0.3, 0.4) is 0 Å². The molecule has 2 amide bonds. The summed E-state index contributed by atoms with van der Waals surface area (Å²) in [5, 5.41) is 5.75. The molecule has 0 unspecified atom stereocenters. The van der Waals surface area contributed by atoms with E-state index >= 15 is 0 Å². The molecule has 150 valence electrons. The van der Waals surface area contributed by atoms with E-state index in [2.05, 4.69) is 10.6 Å². The average Bonchev–Trinajstić information content (AvgIpc) is 2.71. The first-order valence-electron chi connectivity index (χ1n) is 9.62. The fourth-order valence-corrected chi connectivity index (χ4v) is 4.94. The van der Waals surface area contributed by atoms with Gasteiger partial charge in [-0.3, -0.25) is 0 Å². The van der Waals surface area contributed by atoms with Crippen LogP contribution in [0.4, 0.5) is 10.5 Å². The summed E-state index contributed by atoms with van der Waals surface area (Å²) in [6.07, 6.45) is 2.47. The van der Waals surface area contributed by atoms with Crippen molar-refractivity contribution in [2.75, 3.05) is 25.0 Å². The molecule has 2 aromatic carbocycles. The molecule has 3 rings (SSSR count). The van der Waals surface area contributed by atoms with Crippen LogP contribution in [-0.2, 0) is 10.0 Å². The van der Waals surface area contributed by atoms with Crippen LogP contribution >= 0.6 is 0 Å². The highest BCUT2D eigenvalue weighted by atomic mass is 32.2. The molecule has 2 aromatic rings. The van der Waals surface area contributed by atoms with Crippen molar-refractivity contribution in [3.63, 3.8) is 0 Å². The molecule has 1 aliphatic rings. The van der Waals surface area contributed by atoms with Gasteiger partial charge in [0.15, 0.2) is 0 Å². The van der Waals surface area contributed by atoms with Crippen molar-refractivity contribution in [2.45, 2.75) is 31.1 Å². The van der Waals surface area contributed by atoms with Gasteiger partial charge in [-0.2, -0.15) is 4.31 Å². The third-order valence-corrected chi connectivity index (χ3v) is 7.10. The second-order valence-electron chi connectivity index (χ2n) is 7.15. The lowest BCUT2D eigenvalue weighted by molar-refractivity contribution is 0.245. The average molecular weight is 402 g/mol.